The van der Waals surface area contributed by atoms with Crippen molar-refractivity contribution in [2.45, 2.75) is 281 Å². The number of aliphatic hydroxyl groups excluding tert-OH is 4. The maximum atomic E-state index is 15.6. The van der Waals surface area contributed by atoms with Crippen LogP contribution in [0.15, 0.2) is 58.4 Å². The van der Waals surface area contributed by atoms with Crippen molar-refractivity contribution in [1.82, 2.24) is 5.32 Å². The van der Waals surface area contributed by atoms with Gasteiger partial charge >= 0.3 is 18.0 Å². The molecule has 93 heavy (non-hydrogen) atoms. The third-order valence-electron chi connectivity index (χ3n) is 21.7. The highest BCUT2D eigenvalue weighted by Gasteiger charge is 2.65. The van der Waals surface area contributed by atoms with Crippen LogP contribution >= 0.6 is 0 Å². The van der Waals surface area contributed by atoms with E-state index in [0.29, 0.717) is 49.5 Å². The van der Waals surface area contributed by atoms with Gasteiger partial charge in [-0.2, -0.15) is 0 Å². The van der Waals surface area contributed by atoms with Crippen molar-refractivity contribution in [2.24, 2.45) is 40.9 Å². The molecule has 1 saturated carbocycles. The topological polar surface area (TPSA) is 341 Å². The number of nitro groups is 1. The molecule has 7 fully saturated rings. The van der Waals surface area contributed by atoms with Crippen LogP contribution in [-0.4, -0.2) is 197 Å². The third kappa shape index (κ3) is 14.0. The van der Waals surface area contributed by atoms with Crippen LogP contribution in [0.3, 0.4) is 0 Å². The maximum absolute atomic E-state index is 15.6. The number of carbonyl (C=O) groups is 5. The van der Waals surface area contributed by atoms with E-state index >= 15 is 4.79 Å². The van der Waals surface area contributed by atoms with Crippen LogP contribution in [0.25, 0.3) is 0 Å². The van der Waals surface area contributed by atoms with Gasteiger partial charge in [0.1, 0.15) is 35.9 Å². The number of ketones is 1. The first-order chi connectivity index (χ1) is 43.9. The fourth-order valence-electron chi connectivity index (χ4n) is 16.9. The van der Waals surface area contributed by atoms with Gasteiger partial charge in [-0.25, -0.2) is 9.59 Å². The van der Waals surface area contributed by atoms with E-state index in [0.717, 1.165) is 7.11 Å². The van der Waals surface area contributed by atoms with Crippen molar-refractivity contribution in [2.75, 3.05) is 7.11 Å². The molecule has 0 radical (unpaired) electrons. The summed E-state index contributed by atoms with van der Waals surface area (Å²) in [6.07, 6.45) is -4.21. The Balaban J connectivity index is 0.904. The summed E-state index contributed by atoms with van der Waals surface area (Å²) in [6, 6.07) is -1.12. The predicted molar refractivity (Wildman–Crippen MR) is 325 cm³/mol. The molecule has 6 aliphatic heterocycles. The SMILES string of the molecule is COC(=O)NC1C(C)OC(OC2C/C=C(/C)C3C=CC4C(OC5CC(OC6CCC(OC7CC(O)C(OC8CCC(O)C(C)O8)C(C)O7)C(C)O6)C(OC(C)=O)C(C)O5)C(C)CC(C)C4C3(C)/C(O)=C3/C(=O)OC4(CC(C=O)=CC(O)C4C=C2C)C3=O)CC1(C)[N+](=O)[O-]. The third-order valence-corrected chi connectivity index (χ3v) is 21.7. The molecule has 0 aromatic rings. The van der Waals surface area contributed by atoms with Crippen LogP contribution in [0, 0.1) is 51.0 Å². The molecule has 26 nitrogen and oxygen atoms in total. The monoisotopic (exact) mass is 1310 g/mol. The highest BCUT2D eigenvalue weighted by molar-refractivity contribution is 6.26. The summed E-state index contributed by atoms with van der Waals surface area (Å²) in [6.45, 7) is 21.0. The predicted octanol–water partition coefficient (Wildman–Crippen LogP) is 6.36. The summed E-state index contributed by atoms with van der Waals surface area (Å²) >= 11 is 0. The molecule has 6 heterocycles. The zero-order chi connectivity index (χ0) is 67.5. The van der Waals surface area contributed by atoms with Gasteiger partial charge < -0.3 is 87.3 Å². The summed E-state index contributed by atoms with van der Waals surface area (Å²) < 4.78 is 81.5. The Morgan fingerprint density at radius 3 is 2.01 bits per heavy atom. The minimum atomic E-state index is -2.20. The number of nitrogens with one attached hydrogen (secondary N) is 1. The number of allylic oxidation sites excluding steroid dienone is 3. The zero-order valence-corrected chi connectivity index (χ0v) is 55.4. The number of carbonyl (C=O) groups excluding carboxylic acids is 5. The molecule has 29 unspecified atom stereocenters. The van der Waals surface area contributed by atoms with Crippen LogP contribution in [-0.2, 0) is 80.8 Å². The minimum Gasteiger partial charge on any atom is -0.511 e. The average Bonchev–Trinajstić information content (AvgIpc) is 1.68. The Morgan fingerprint density at radius 1 is 0.720 bits per heavy atom. The number of hydrogen-bond donors (Lipinski definition) is 5. The van der Waals surface area contributed by atoms with Gasteiger partial charge in [0.05, 0.1) is 86.6 Å². The zero-order valence-electron chi connectivity index (χ0n) is 55.4. The normalized spacial score (nSPS) is 47.6. The second kappa shape index (κ2) is 28.2. The van der Waals surface area contributed by atoms with Crippen LogP contribution in [0.2, 0.25) is 0 Å². The van der Waals surface area contributed by atoms with Gasteiger partial charge in [0.15, 0.2) is 43.2 Å². The molecule has 4 aliphatic carbocycles. The second-order valence-electron chi connectivity index (χ2n) is 28.2. The Hall–Kier alpha value is -5.07. The molecular weight excluding hydrogens is 1220 g/mol. The quantitative estimate of drug-likeness (QED) is 0.0240. The van der Waals surface area contributed by atoms with Crippen molar-refractivity contribution in [1.29, 1.82) is 0 Å². The number of ether oxygens (including phenoxy) is 13. The van der Waals surface area contributed by atoms with Gasteiger partial charge in [-0.1, -0.05) is 50.6 Å². The number of esters is 2. The molecule has 10 rings (SSSR count). The summed E-state index contributed by atoms with van der Waals surface area (Å²) in [5.41, 5.74) is -4.91. The van der Waals surface area contributed by atoms with Gasteiger partial charge in [-0.05, 0) is 109 Å². The van der Waals surface area contributed by atoms with Crippen molar-refractivity contribution >= 4 is 30.1 Å². The smallest absolute Gasteiger partial charge is 0.407 e. The minimum absolute atomic E-state index is 0.00196. The number of alkyl carbamates (subject to hydrolysis) is 1. The molecule has 518 valence electrons. The molecule has 1 spiro atoms. The molecule has 10 aliphatic rings. The van der Waals surface area contributed by atoms with Crippen LogP contribution < -0.4 is 5.32 Å². The van der Waals surface area contributed by atoms with Crippen LogP contribution in [0.4, 0.5) is 4.79 Å². The van der Waals surface area contributed by atoms with E-state index in [1.807, 2.05) is 39.8 Å². The van der Waals surface area contributed by atoms with E-state index in [2.05, 4.69) is 25.2 Å². The number of Topliss-reactive ketones (excluding diaryl/α,β-unsaturated/α-hetero) is 1. The number of amides is 1. The number of rotatable bonds is 14. The largest absolute Gasteiger partial charge is 0.511 e. The lowest BCUT2D eigenvalue weighted by Crippen LogP contribution is -2.65. The van der Waals surface area contributed by atoms with Gasteiger partial charge in [0, 0.05) is 68.1 Å². The van der Waals surface area contributed by atoms with E-state index in [4.69, 9.17) is 61.6 Å². The fraction of sp³-hybridized carbons (Fsp3) is 0.776. The Bertz CT molecular complexity index is 2960. The molecule has 26 heteroatoms. The first kappa shape index (κ1) is 70.7. The molecule has 1 amide bonds. The molecule has 2 bridgehead atoms. The van der Waals surface area contributed by atoms with Gasteiger partial charge in [0.2, 0.25) is 11.3 Å². The van der Waals surface area contributed by atoms with Crippen molar-refractivity contribution in [3.05, 3.63) is 68.5 Å². The van der Waals surface area contributed by atoms with Crippen LogP contribution in [0.5, 0.6) is 0 Å². The van der Waals surface area contributed by atoms with Crippen molar-refractivity contribution in [3.63, 3.8) is 0 Å². The number of fused-ring (bicyclic) bond motifs is 4. The Labute approximate surface area is 542 Å². The molecule has 0 aromatic carbocycles. The number of nitrogens with zero attached hydrogens (tertiary/aromatic N) is 1. The van der Waals surface area contributed by atoms with E-state index in [-0.39, 0.29) is 43.1 Å². The summed E-state index contributed by atoms with van der Waals surface area (Å²) in [5, 5.41) is 62.0. The van der Waals surface area contributed by atoms with Gasteiger partial charge in [-0.3, -0.25) is 24.5 Å². The van der Waals surface area contributed by atoms with E-state index < -0.39 is 210 Å². The highest BCUT2D eigenvalue weighted by Crippen LogP contribution is 2.61. The molecule has 6 saturated heterocycles. The van der Waals surface area contributed by atoms with E-state index in [1.54, 1.807) is 33.8 Å². The Kier molecular flexibility index (Phi) is 21.4. The number of methoxy groups -OCH3 is 1. The number of aldehydes is 1. The Morgan fingerprint density at radius 2 is 1.35 bits per heavy atom. The number of aliphatic hydroxyl groups is 4. The molecule has 29 atom stereocenters. The first-order valence-corrected chi connectivity index (χ1v) is 33.1. The lowest BCUT2D eigenvalue weighted by Gasteiger charge is -2.56. The van der Waals surface area contributed by atoms with Crippen molar-refractivity contribution < 1.29 is 111 Å². The van der Waals surface area contributed by atoms with Gasteiger partial charge in [0.25, 0.3) is 0 Å². The second-order valence-corrected chi connectivity index (χ2v) is 28.2. The van der Waals surface area contributed by atoms with E-state index in [1.165, 1.54) is 19.9 Å². The van der Waals surface area contributed by atoms with E-state index in [9.17, 15) is 49.7 Å². The van der Waals surface area contributed by atoms with Crippen LogP contribution in [0.1, 0.15) is 147 Å². The summed E-state index contributed by atoms with van der Waals surface area (Å²) in [7, 11) is 1.15. The standard InChI is InChI=1S/C67H96N2O24/c1-30-14-18-47(88-54-28-65(11,69(79)80)60(38(9)86-54)68-64(78)81-13)31(2)23-43-45(73)24-40(29-70)27-67(43)62(76)55(63(77)93-67)61(75)66(12)42(30)16-15-41-56(66)32(3)22-33(4)57(41)92-53-26-49(59(37(8)85-53)87-39(10)71)90-50-21-19-48(35(6)83-50)89-52-25-46(74)58(36(7)84-52)91-51-20-17-44(72)34(5)82-51/h14-16,23-24,29,32-38,41-54,56-60,72-75H,17-22,25-28H2,1-13H3,(H,68,78)/b30-14-,31-23?,61-55-. The first-order valence-electron chi connectivity index (χ1n) is 33.1. The highest BCUT2D eigenvalue weighted by atomic mass is 16.8. The summed E-state index contributed by atoms with van der Waals surface area (Å²) in [5.74, 6) is -6.46. The molecular formula is C67H96N2O24. The summed E-state index contributed by atoms with van der Waals surface area (Å²) in [4.78, 5) is 80.4. The average molecular weight is 1310 g/mol. The molecule has 5 N–H and O–H groups in total. The maximum Gasteiger partial charge on any atom is 0.407 e. The lowest BCUT2D eigenvalue weighted by atomic mass is 9.49. The lowest BCUT2D eigenvalue weighted by molar-refractivity contribution is -0.584. The van der Waals surface area contributed by atoms with Gasteiger partial charge in [-0.15, -0.1) is 0 Å². The molecule has 0 aromatic heterocycles. The fourth-order valence-corrected chi connectivity index (χ4v) is 16.9. The van der Waals surface area contributed by atoms with Crippen molar-refractivity contribution in [3.8, 4) is 0 Å². The number of hydrogen-bond acceptors (Lipinski definition) is 24.